The van der Waals surface area contributed by atoms with E-state index in [1.807, 2.05) is 24.3 Å². The summed E-state index contributed by atoms with van der Waals surface area (Å²) >= 11 is 0. The molecule has 0 unspecified atom stereocenters. The molecule has 0 aliphatic heterocycles. The molecule has 0 aliphatic carbocycles. The summed E-state index contributed by atoms with van der Waals surface area (Å²) in [4.78, 5) is 0. The summed E-state index contributed by atoms with van der Waals surface area (Å²) in [5.74, 6) is 5.64. The number of ether oxygens (including phenoxy) is 8. The van der Waals surface area contributed by atoms with Gasteiger partial charge in [0.15, 0.2) is 46.0 Å². The van der Waals surface area contributed by atoms with Crippen LogP contribution in [0.5, 0.6) is 46.0 Å². The molecule has 0 radical (unpaired) electrons. The van der Waals surface area contributed by atoms with Crippen molar-refractivity contribution in [3.8, 4) is 68.2 Å². The summed E-state index contributed by atoms with van der Waals surface area (Å²) in [6.45, 7) is 0. The molecule has 8 nitrogen and oxygen atoms in total. The van der Waals surface area contributed by atoms with Crippen LogP contribution in [0.4, 0.5) is 0 Å². The predicted molar refractivity (Wildman–Crippen MR) is 247 cm³/mol. The monoisotopic (exact) mass is 830 g/mol. The van der Waals surface area contributed by atoms with Crippen molar-refractivity contribution in [2.24, 2.45) is 0 Å². The van der Waals surface area contributed by atoms with Gasteiger partial charge in [-0.2, -0.15) is 0 Å². The first-order chi connectivity index (χ1) is 30.3. The third-order valence-electron chi connectivity index (χ3n) is 11.1. The number of rotatable bonds is 18. The maximum absolute atomic E-state index is 5.66. The molecule has 0 bridgehead atoms. The van der Waals surface area contributed by atoms with Crippen LogP contribution in [-0.4, -0.2) is 56.9 Å². The Morgan fingerprint density at radius 3 is 0.726 bits per heavy atom. The van der Waals surface area contributed by atoms with Crippen LogP contribution in [0.15, 0.2) is 133 Å². The van der Waals surface area contributed by atoms with Gasteiger partial charge in [-0.1, -0.05) is 78.9 Å². The number of hydrogen-bond acceptors (Lipinski definition) is 8. The van der Waals surface area contributed by atoms with Crippen LogP contribution in [0, 0.1) is 0 Å². The Hall–Kier alpha value is -7.06. The zero-order valence-corrected chi connectivity index (χ0v) is 36.8. The molecule has 0 spiro atoms. The molecule has 0 fully saturated rings. The van der Waals surface area contributed by atoms with Crippen molar-refractivity contribution < 1.29 is 37.9 Å². The van der Waals surface area contributed by atoms with Gasteiger partial charge in [-0.25, -0.2) is 0 Å². The van der Waals surface area contributed by atoms with Crippen molar-refractivity contribution in [3.63, 3.8) is 0 Å². The van der Waals surface area contributed by atoms with Crippen LogP contribution in [0.25, 0.3) is 22.3 Å². The number of methoxy groups -OCH3 is 8. The van der Waals surface area contributed by atoms with Crippen molar-refractivity contribution in [1.82, 2.24) is 0 Å². The molecular weight excluding hydrogens is 777 g/mol. The first-order valence-electron chi connectivity index (χ1n) is 20.5. The van der Waals surface area contributed by atoms with Gasteiger partial charge in [0.25, 0.3) is 0 Å². The Kier molecular flexibility index (Phi) is 13.9. The van der Waals surface area contributed by atoms with E-state index in [0.717, 1.165) is 44.5 Å². The lowest BCUT2D eigenvalue weighted by molar-refractivity contribution is 0.354. The average molecular weight is 831 g/mol. The van der Waals surface area contributed by atoms with E-state index in [-0.39, 0.29) is 0 Å². The molecule has 7 aromatic rings. The highest BCUT2D eigenvalue weighted by Crippen LogP contribution is 2.36. The second kappa shape index (κ2) is 20.0. The topological polar surface area (TPSA) is 73.8 Å². The fourth-order valence-electron chi connectivity index (χ4n) is 8.05. The Balaban J connectivity index is 1.29. The molecule has 0 saturated heterocycles. The second-order valence-corrected chi connectivity index (χ2v) is 15.1. The van der Waals surface area contributed by atoms with E-state index in [9.17, 15) is 0 Å². The standard InChI is InChI=1S/C54H54O8/c1-55-47-16-12-35(30-51(47)59-5)20-39-24-40(21-36-13-17-48(56-2)52(31-36)60-6)27-45(26-39)43-10-9-11-44(34-43)46-28-41(22-37-14-18-49(57-3)53(32-37)61-7)25-42(29-46)23-38-15-19-50(58-4)54(33-38)62-8/h9-19,24-34H,20-23H2,1-8H3. The van der Waals surface area contributed by atoms with Crippen LogP contribution >= 0.6 is 0 Å². The van der Waals surface area contributed by atoms with Gasteiger partial charge in [-0.15, -0.1) is 0 Å². The van der Waals surface area contributed by atoms with Gasteiger partial charge < -0.3 is 37.9 Å². The molecule has 0 heterocycles. The van der Waals surface area contributed by atoms with Crippen LogP contribution in [0.1, 0.15) is 44.5 Å². The van der Waals surface area contributed by atoms with Crippen LogP contribution in [0.3, 0.4) is 0 Å². The second-order valence-electron chi connectivity index (χ2n) is 15.1. The molecule has 7 aromatic carbocycles. The van der Waals surface area contributed by atoms with E-state index in [1.165, 1.54) is 22.3 Å². The van der Waals surface area contributed by atoms with Crippen LogP contribution in [-0.2, 0) is 25.7 Å². The van der Waals surface area contributed by atoms with Crippen molar-refractivity contribution in [3.05, 3.63) is 178 Å². The highest BCUT2D eigenvalue weighted by molar-refractivity contribution is 5.75. The Morgan fingerprint density at radius 2 is 0.484 bits per heavy atom. The fourth-order valence-corrected chi connectivity index (χ4v) is 8.05. The molecule has 0 aliphatic rings. The molecule has 8 heteroatoms. The van der Waals surface area contributed by atoms with Gasteiger partial charge in [-0.3, -0.25) is 0 Å². The van der Waals surface area contributed by atoms with Crippen LogP contribution in [0.2, 0.25) is 0 Å². The summed E-state index contributed by atoms with van der Waals surface area (Å²) in [5, 5.41) is 0. The van der Waals surface area contributed by atoms with E-state index in [4.69, 9.17) is 37.9 Å². The Labute approximate surface area is 365 Å². The fraction of sp³-hybridized carbons (Fsp3) is 0.222. The largest absolute Gasteiger partial charge is 0.493 e. The number of benzene rings is 7. The van der Waals surface area contributed by atoms with E-state index in [2.05, 4.69) is 109 Å². The molecule has 0 aromatic heterocycles. The summed E-state index contributed by atoms with van der Waals surface area (Å²) in [6.07, 6.45) is 2.85. The van der Waals surface area contributed by atoms with E-state index in [1.54, 1.807) is 56.9 Å². The maximum atomic E-state index is 5.66. The van der Waals surface area contributed by atoms with Gasteiger partial charge in [0.1, 0.15) is 0 Å². The quantitative estimate of drug-likeness (QED) is 0.0847. The normalized spacial score (nSPS) is 10.8. The minimum absolute atomic E-state index is 0.704. The maximum Gasteiger partial charge on any atom is 0.160 e. The molecule has 0 atom stereocenters. The lowest BCUT2D eigenvalue weighted by Gasteiger charge is -2.15. The Bertz CT molecular complexity index is 2320. The highest BCUT2D eigenvalue weighted by Gasteiger charge is 2.14. The van der Waals surface area contributed by atoms with Gasteiger partial charge in [-0.05, 0) is 147 Å². The molecule has 0 saturated carbocycles. The van der Waals surface area contributed by atoms with E-state index >= 15 is 0 Å². The van der Waals surface area contributed by atoms with Crippen LogP contribution < -0.4 is 37.9 Å². The zero-order valence-electron chi connectivity index (χ0n) is 36.8. The minimum atomic E-state index is 0.704. The van der Waals surface area contributed by atoms with Gasteiger partial charge in [0.05, 0.1) is 56.9 Å². The smallest absolute Gasteiger partial charge is 0.160 e. The van der Waals surface area contributed by atoms with E-state index in [0.29, 0.717) is 71.7 Å². The molecule has 62 heavy (non-hydrogen) atoms. The van der Waals surface area contributed by atoms with Gasteiger partial charge >= 0.3 is 0 Å². The van der Waals surface area contributed by atoms with Crippen molar-refractivity contribution in [1.29, 1.82) is 0 Å². The van der Waals surface area contributed by atoms with Crippen molar-refractivity contribution in [2.45, 2.75) is 25.7 Å². The lowest BCUT2D eigenvalue weighted by Crippen LogP contribution is -1.98. The first-order valence-corrected chi connectivity index (χ1v) is 20.5. The zero-order chi connectivity index (χ0) is 43.6. The molecule has 318 valence electrons. The summed E-state index contributed by atoms with van der Waals surface area (Å²) in [5.41, 5.74) is 13.7. The summed E-state index contributed by atoms with van der Waals surface area (Å²) in [7, 11) is 13.3. The highest BCUT2D eigenvalue weighted by atomic mass is 16.5. The average Bonchev–Trinajstić information content (AvgIpc) is 3.31. The minimum Gasteiger partial charge on any atom is -0.493 e. The molecular formula is C54H54O8. The van der Waals surface area contributed by atoms with Crippen molar-refractivity contribution in [2.75, 3.05) is 56.9 Å². The first kappa shape index (κ1) is 43.0. The predicted octanol–water partition coefficient (Wildman–Crippen LogP) is 11.5. The third kappa shape index (κ3) is 10.1. The van der Waals surface area contributed by atoms with Gasteiger partial charge in [0.2, 0.25) is 0 Å². The van der Waals surface area contributed by atoms with Gasteiger partial charge in [0, 0.05) is 0 Å². The lowest BCUT2D eigenvalue weighted by atomic mass is 9.91. The summed E-state index contributed by atoms with van der Waals surface area (Å²) < 4.78 is 44.8. The Morgan fingerprint density at radius 1 is 0.226 bits per heavy atom. The number of hydrogen-bond donors (Lipinski definition) is 0. The molecule has 7 rings (SSSR count). The molecule has 0 N–H and O–H groups in total. The summed E-state index contributed by atoms with van der Waals surface area (Å²) in [6, 6.07) is 47.0. The van der Waals surface area contributed by atoms with E-state index < -0.39 is 0 Å². The molecule has 0 amide bonds. The van der Waals surface area contributed by atoms with Crippen molar-refractivity contribution >= 4 is 0 Å². The third-order valence-corrected chi connectivity index (χ3v) is 11.1. The SMILES string of the molecule is COc1ccc(Cc2cc(Cc3ccc(OC)c(OC)c3)cc(-c3cccc(-c4cc(Cc5ccc(OC)c(OC)c5)cc(Cc5ccc(OC)c(OC)c5)c4)c3)c2)cc1OC.